The molecule has 6 heteroatoms. The van der Waals surface area contributed by atoms with Crippen molar-refractivity contribution in [2.45, 2.75) is 53.2 Å². The van der Waals surface area contributed by atoms with Crippen LogP contribution in [0.3, 0.4) is 0 Å². The van der Waals surface area contributed by atoms with Crippen LogP contribution in [-0.2, 0) is 11.3 Å². The molecule has 5 nitrogen and oxygen atoms in total. The average Bonchev–Trinajstić information content (AvgIpc) is 3.09. The van der Waals surface area contributed by atoms with Crippen molar-refractivity contribution in [1.29, 1.82) is 0 Å². The minimum atomic E-state index is 0.272. The largest absolute Gasteiger partial charge is 0.376 e. The third-order valence-corrected chi connectivity index (χ3v) is 4.28. The van der Waals surface area contributed by atoms with Gasteiger partial charge in [0.05, 0.1) is 12.3 Å². The lowest BCUT2D eigenvalue weighted by molar-refractivity contribution is 0.114. The number of hydrogen-bond donors (Lipinski definition) is 2. The lowest BCUT2D eigenvalue weighted by atomic mass is 10.2. The summed E-state index contributed by atoms with van der Waals surface area (Å²) in [5, 5.41) is 7.93. The van der Waals surface area contributed by atoms with Crippen molar-refractivity contribution >= 4 is 23.5 Å². The summed E-state index contributed by atoms with van der Waals surface area (Å²) < 4.78 is 7.88. The van der Waals surface area contributed by atoms with Crippen molar-refractivity contribution in [1.82, 2.24) is 15.3 Å². The summed E-state index contributed by atoms with van der Waals surface area (Å²) >= 11 is 5.23. The lowest BCUT2D eigenvalue weighted by Gasteiger charge is -2.12. The fourth-order valence-electron chi connectivity index (χ4n) is 2.82. The normalized spacial score (nSPS) is 18.0. The molecule has 2 rings (SSSR count). The highest BCUT2D eigenvalue weighted by Gasteiger charge is 2.15. The van der Waals surface area contributed by atoms with E-state index in [2.05, 4.69) is 54.2 Å². The van der Waals surface area contributed by atoms with Gasteiger partial charge in [0.2, 0.25) is 0 Å². The van der Waals surface area contributed by atoms with Crippen molar-refractivity contribution in [2.75, 3.05) is 13.2 Å². The van der Waals surface area contributed by atoms with Crippen LogP contribution in [0.5, 0.6) is 0 Å². The Balaban J connectivity index is 1.83. The maximum atomic E-state index is 5.55. The van der Waals surface area contributed by atoms with Gasteiger partial charge in [0, 0.05) is 36.6 Å². The summed E-state index contributed by atoms with van der Waals surface area (Å²) in [5.74, 6) is 0.622. The predicted octanol–water partition coefficient (Wildman–Crippen LogP) is 2.74. The maximum absolute atomic E-state index is 5.55. The molecule has 23 heavy (non-hydrogen) atoms. The van der Waals surface area contributed by atoms with Crippen LogP contribution in [0, 0.1) is 19.8 Å². The van der Waals surface area contributed by atoms with E-state index in [4.69, 9.17) is 17.0 Å². The van der Waals surface area contributed by atoms with Crippen LogP contribution in [-0.4, -0.2) is 35.1 Å². The number of hydrogen-bond acceptors (Lipinski definition) is 3. The fraction of sp³-hybridized carbons (Fsp3) is 0.647. The minimum Gasteiger partial charge on any atom is -0.376 e. The molecule has 1 aliphatic rings. The van der Waals surface area contributed by atoms with E-state index in [0.29, 0.717) is 11.0 Å². The number of aromatic nitrogens is 1. The number of nitrogens with one attached hydrogen (secondary N) is 2. The lowest BCUT2D eigenvalue weighted by Crippen LogP contribution is -2.37. The Morgan fingerprint density at radius 1 is 1.52 bits per heavy atom. The molecule has 0 spiro atoms. The summed E-state index contributed by atoms with van der Waals surface area (Å²) in [4.78, 5) is 0. The number of hydrazone groups is 1. The molecule has 0 amide bonds. The zero-order chi connectivity index (χ0) is 16.8. The number of thiocarbonyl (C=S) groups is 1. The number of ether oxygens (including phenoxy) is 1. The van der Waals surface area contributed by atoms with E-state index < -0.39 is 0 Å². The second-order valence-corrected chi connectivity index (χ2v) is 6.95. The SMILES string of the molecule is Cc1cc(C=NNC(=S)NCC2CCCO2)c(C)n1CC(C)C. The molecule has 1 atom stereocenters. The second kappa shape index (κ2) is 8.45. The molecular weight excluding hydrogens is 308 g/mol. The highest BCUT2D eigenvalue weighted by molar-refractivity contribution is 7.80. The van der Waals surface area contributed by atoms with E-state index in [1.54, 1.807) is 0 Å². The molecule has 0 saturated carbocycles. The van der Waals surface area contributed by atoms with Gasteiger partial charge < -0.3 is 14.6 Å². The first-order valence-corrected chi connectivity index (χ1v) is 8.73. The van der Waals surface area contributed by atoms with Crippen molar-refractivity contribution in [3.8, 4) is 0 Å². The molecule has 1 fully saturated rings. The van der Waals surface area contributed by atoms with E-state index in [0.717, 1.165) is 38.1 Å². The first-order valence-electron chi connectivity index (χ1n) is 8.32. The topological polar surface area (TPSA) is 50.6 Å². The predicted molar refractivity (Wildman–Crippen MR) is 99.0 cm³/mol. The Morgan fingerprint density at radius 2 is 2.30 bits per heavy atom. The van der Waals surface area contributed by atoms with Gasteiger partial charge in [0.1, 0.15) is 0 Å². The highest BCUT2D eigenvalue weighted by atomic mass is 32.1. The van der Waals surface area contributed by atoms with Crippen LogP contribution in [0.1, 0.15) is 43.6 Å². The van der Waals surface area contributed by atoms with Gasteiger partial charge in [-0.3, -0.25) is 5.43 Å². The first-order chi connectivity index (χ1) is 11.0. The Kier molecular flexibility index (Phi) is 6.59. The molecule has 1 saturated heterocycles. The Hall–Kier alpha value is -1.40. The summed E-state index contributed by atoms with van der Waals surface area (Å²) in [7, 11) is 0. The smallest absolute Gasteiger partial charge is 0.187 e. The number of rotatable bonds is 6. The van der Waals surface area contributed by atoms with E-state index in [-0.39, 0.29) is 6.10 Å². The molecule has 1 unspecified atom stereocenters. The minimum absolute atomic E-state index is 0.272. The van der Waals surface area contributed by atoms with Gasteiger partial charge >= 0.3 is 0 Å². The summed E-state index contributed by atoms with van der Waals surface area (Å²) in [6.45, 7) is 11.3. The molecule has 0 radical (unpaired) electrons. The van der Waals surface area contributed by atoms with Crippen molar-refractivity contribution in [3.05, 3.63) is 23.0 Å². The molecule has 2 N–H and O–H groups in total. The van der Waals surface area contributed by atoms with Gasteiger partial charge in [-0.25, -0.2) is 0 Å². The molecule has 0 bridgehead atoms. The Bertz CT molecular complexity index is 559. The Labute approximate surface area is 144 Å². The standard InChI is InChI=1S/C17H28N4OS/c1-12(2)11-21-13(3)8-15(14(21)4)9-19-20-17(23)18-10-16-6-5-7-22-16/h8-9,12,16H,5-7,10-11H2,1-4H3,(H2,18,20,23). The average molecular weight is 337 g/mol. The molecule has 1 aromatic heterocycles. The third kappa shape index (κ3) is 5.32. The third-order valence-electron chi connectivity index (χ3n) is 4.04. The summed E-state index contributed by atoms with van der Waals surface area (Å²) in [6.07, 6.45) is 4.34. The van der Waals surface area contributed by atoms with Crippen molar-refractivity contribution < 1.29 is 4.74 Å². The van der Waals surface area contributed by atoms with Gasteiger partial charge in [0.15, 0.2) is 5.11 Å². The van der Waals surface area contributed by atoms with Crippen LogP contribution < -0.4 is 10.7 Å². The molecule has 1 aromatic rings. The van der Waals surface area contributed by atoms with E-state index in [9.17, 15) is 0 Å². The zero-order valence-corrected chi connectivity index (χ0v) is 15.4. The number of nitrogens with zero attached hydrogens (tertiary/aromatic N) is 2. The zero-order valence-electron chi connectivity index (χ0n) is 14.6. The maximum Gasteiger partial charge on any atom is 0.187 e. The van der Waals surface area contributed by atoms with Crippen LogP contribution in [0.2, 0.25) is 0 Å². The molecule has 2 heterocycles. The molecule has 1 aliphatic heterocycles. The van der Waals surface area contributed by atoms with Crippen LogP contribution >= 0.6 is 12.2 Å². The van der Waals surface area contributed by atoms with E-state index >= 15 is 0 Å². The molecule has 128 valence electrons. The summed E-state index contributed by atoms with van der Waals surface area (Å²) in [6, 6.07) is 2.16. The second-order valence-electron chi connectivity index (χ2n) is 6.55. The first kappa shape index (κ1) is 17.9. The number of aryl methyl sites for hydroxylation is 1. The van der Waals surface area contributed by atoms with Crippen LogP contribution in [0.4, 0.5) is 0 Å². The molecular formula is C17H28N4OS. The van der Waals surface area contributed by atoms with Gasteiger partial charge in [-0.1, -0.05) is 13.8 Å². The van der Waals surface area contributed by atoms with Gasteiger partial charge in [-0.15, -0.1) is 0 Å². The van der Waals surface area contributed by atoms with E-state index in [1.807, 2.05) is 6.21 Å². The van der Waals surface area contributed by atoms with Gasteiger partial charge in [-0.2, -0.15) is 5.10 Å². The Morgan fingerprint density at radius 3 is 2.96 bits per heavy atom. The quantitative estimate of drug-likeness (QED) is 0.476. The van der Waals surface area contributed by atoms with Gasteiger partial charge in [0.25, 0.3) is 0 Å². The summed E-state index contributed by atoms with van der Waals surface area (Å²) in [5.41, 5.74) is 6.50. The van der Waals surface area contributed by atoms with E-state index in [1.165, 1.54) is 11.4 Å². The van der Waals surface area contributed by atoms with Crippen LogP contribution in [0.25, 0.3) is 0 Å². The van der Waals surface area contributed by atoms with Crippen LogP contribution in [0.15, 0.2) is 11.2 Å². The monoisotopic (exact) mass is 336 g/mol. The fourth-order valence-corrected chi connectivity index (χ4v) is 2.95. The molecule has 0 aromatic carbocycles. The van der Waals surface area contributed by atoms with Crippen molar-refractivity contribution in [3.63, 3.8) is 0 Å². The molecule has 0 aliphatic carbocycles. The highest BCUT2D eigenvalue weighted by Crippen LogP contribution is 2.15. The van der Waals surface area contributed by atoms with Crippen molar-refractivity contribution in [2.24, 2.45) is 11.0 Å². The van der Waals surface area contributed by atoms with Gasteiger partial charge in [-0.05, 0) is 50.9 Å².